The number of hydrogen-bond acceptors (Lipinski definition) is 4. The maximum atomic E-state index is 6.48. The number of hydrogen-bond donors (Lipinski definition) is 0. The van der Waals surface area contributed by atoms with E-state index in [1.807, 2.05) is 29.1 Å². The van der Waals surface area contributed by atoms with Gasteiger partial charge in [0.2, 0.25) is 6.29 Å². The number of nitrogens with zero attached hydrogens (tertiary/aromatic N) is 2. The van der Waals surface area contributed by atoms with E-state index in [4.69, 9.17) is 21.1 Å². The van der Waals surface area contributed by atoms with Crippen LogP contribution in [0.3, 0.4) is 0 Å². The van der Waals surface area contributed by atoms with Crippen molar-refractivity contribution in [3.05, 3.63) is 28.2 Å². The Bertz CT molecular complexity index is 574. The second-order valence-electron chi connectivity index (χ2n) is 4.74. The molecule has 2 aromatic rings. The van der Waals surface area contributed by atoms with Gasteiger partial charge < -0.3 is 9.47 Å². The van der Waals surface area contributed by atoms with Crippen molar-refractivity contribution in [2.24, 2.45) is 0 Å². The fraction of sp³-hybridized carbons (Fsp3) is 0.462. The molecule has 0 amide bonds. The van der Waals surface area contributed by atoms with Gasteiger partial charge in [0.05, 0.1) is 9.90 Å². The molecule has 1 fully saturated rings. The van der Waals surface area contributed by atoms with Gasteiger partial charge in [0, 0.05) is 6.04 Å². The highest BCUT2D eigenvalue weighted by Gasteiger charge is 2.35. The van der Waals surface area contributed by atoms with Crippen LogP contribution in [-0.2, 0) is 9.47 Å². The van der Waals surface area contributed by atoms with Crippen LogP contribution in [0.15, 0.2) is 17.5 Å². The van der Waals surface area contributed by atoms with Gasteiger partial charge in [-0.25, -0.2) is 0 Å². The first-order valence-electron chi connectivity index (χ1n) is 6.20. The molecular formula is C13H15ClN2O2S. The number of thiophene rings is 1. The van der Waals surface area contributed by atoms with Crippen molar-refractivity contribution in [1.82, 2.24) is 9.78 Å². The van der Waals surface area contributed by atoms with Gasteiger partial charge in [-0.2, -0.15) is 5.10 Å². The minimum atomic E-state index is -0.411. The van der Waals surface area contributed by atoms with Crippen molar-refractivity contribution in [2.45, 2.75) is 39.4 Å². The van der Waals surface area contributed by atoms with Gasteiger partial charge in [0.1, 0.15) is 11.4 Å². The van der Waals surface area contributed by atoms with Gasteiger partial charge in [-0.05, 0) is 32.2 Å². The minimum Gasteiger partial charge on any atom is -0.318 e. The predicted octanol–water partition coefficient (Wildman–Crippen LogP) is 4.24. The Hall–Kier alpha value is -0.880. The lowest BCUT2D eigenvalue weighted by Gasteiger charge is -2.34. The Labute approximate surface area is 120 Å². The number of halogens is 1. The lowest BCUT2D eigenvalue weighted by atomic mass is 10.2. The van der Waals surface area contributed by atoms with Crippen LogP contribution in [0.4, 0.5) is 0 Å². The molecule has 19 heavy (non-hydrogen) atoms. The summed E-state index contributed by atoms with van der Waals surface area (Å²) in [6.07, 6.45) is -0.590. The number of ether oxygens (including phenoxy) is 2. The molecule has 0 aliphatic carbocycles. The lowest BCUT2D eigenvalue weighted by Crippen LogP contribution is -2.33. The Morgan fingerprint density at radius 2 is 2.16 bits per heavy atom. The highest BCUT2D eigenvalue weighted by atomic mass is 35.5. The first-order chi connectivity index (χ1) is 9.08. The topological polar surface area (TPSA) is 36.3 Å². The molecule has 3 heterocycles. The molecule has 2 aromatic heterocycles. The molecule has 0 N–H and O–H groups in total. The van der Waals surface area contributed by atoms with E-state index in [1.165, 1.54) is 0 Å². The molecule has 3 rings (SSSR count). The third kappa shape index (κ3) is 2.21. The summed E-state index contributed by atoms with van der Waals surface area (Å²) in [5.41, 5.74) is 1.60. The first kappa shape index (κ1) is 13.1. The van der Waals surface area contributed by atoms with E-state index in [2.05, 4.69) is 18.9 Å². The van der Waals surface area contributed by atoms with Crippen molar-refractivity contribution in [2.75, 3.05) is 0 Å². The van der Waals surface area contributed by atoms with Crippen LogP contribution in [0.2, 0.25) is 5.02 Å². The summed E-state index contributed by atoms with van der Waals surface area (Å²) < 4.78 is 13.0. The van der Waals surface area contributed by atoms with Crippen LogP contribution < -0.4 is 0 Å². The van der Waals surface area contributed by atoms with Gasteiger partial charge in [-0.1, -0.05) is 17.7 Å². The molecule has 0 spiro atoms. The van der Waals surface area contributed by atoms with E-state index >= 15 is 0 Å². The SMILES string of the molecule is CC1OC(c2c(Cl)c(-c3cccs3)nn2C(C)C)O1. The summed E-state index contributed by atoms with van der Waals surface area (Å²) in [5, 5.41) is 7.25. The fourth-order valence-electron chi connectivity index (χ4n) is 2.09. The Morgan fingerprint density at radius 3 is 2.68 bits per heavy atom. The third-order valence-corrected chi connectivity index (χ3v) is 4.23. The zero-order chi connectivity index (χ0) is 13.6. The molecule has 4 nitrogen and oxygen atoms in total. The maximum Gasteiger partial charge on any atom is 0.207 e. The molecule has 0 aromatic carbocycles. The Balaban J connectivity index is 2.06. The number of aromatic nitrogens is 2. The van der Waals surface area contributed by atoms with Crippen LogP contribution in [0.5, 0.6) is 0 Å². The third-order valence-electron chi connectivity index (χ3n) is 2.98. The summed E-state index contributed by atoms with van der Waals surface area (Å²) in [7, 11) is 0. The molecule has 0 saturated carbocycles. The average molecular weight is 299 g/mol. The molecule has 1 aliphatic rings. The molecule has 0 unspecified atom stereocenters. The van der Waals surface area contributed by atoms with Crippen molar-refractivity contribution in [3.8, 4) is 10.6 Å². The van der Waals surface area contributed by atoms with Crippen LogP contribution in [0, 0.1) is 0 Å². The summed E-state index contributed by atoms with van der Waals surface area (Å²) in [6.45, 7) is 5.99. The van der Waals surface area contributed by atoms with E-state index in [1.54, 1.807) is 11.3 Å². The predicted molar refractivity (Wildman–Crippen MR) is 75.3 cm³/mol. The molecule has 0 radical (unpaired) electrons. The van der Waals surface area contributed by atoms with Crippen LogP contribution >= 0.6 is 22.9 Å². The van der Waals surface area contributed by atoms with Crippen LogP contribution in [0.1, 0.15) is 38.8 Å². The van der Waals surface area contributed by atoms with E-state index in [9.17, 15) is 0 Å². The van der Waals surface area contributed by atoms with Gasteiger partial charge in [-0.15, -0.1) is 11.3 Å². The van der Waals surface area contributed by atoms with Gasteiger partial charge in [0.15, 0.2) is 6.29 Å². The fourth-order valence-corrected chi connectivity index (χ4v) is 3.18. The van der Waals surface area contributed by atoms with Crippen molar-refractivity contribution in [1.29, 1.82) is 0 Å². The Morgan fingerprint density at radius 1 is 1.42 bits per heavy atom. The first-order valence-corrected chi connectivity index (χ1v) is 7.46. The molecule has 0 atom stereocenters. The van der Waals surface area contributed by atoms with Crippen LogP contribution in [-0.4, -0.2) is 16.1 Å². The molecular weight excluding hydrogens is 284 g/mol. The molecule has 1 aliphatic heterocycles. The Kier molecular flexibility index (Phi) is 3.39. The van der Waals surface area contributed by atoms with Gasteiger partial charge in [0.25, 0.3) is 0 Å². The van der Waals surface area contributed by atoms with Crippen molar-refractivity contribution >= 4 is 22.9 Å². The van der Waals surface area contributed by atoms with E-state index in [0.29, 0.717) is 5.02 Å². The quantitative estimate of drug-likeness (QED) is 0.850. The summed E-state index contributed by atoms with van der Waals surface area (Å²) in [4.78, 5) is 1.05. The van der Waals surface area contributed by atoms with Gasteiger partial charge >= 0.3 is 0 Å². The molecule has 102 valence electrons. The highest BCUT2D eigenvalue weighted by Crippen LogP contribution is 2.41. The molecule has 0 bridgehead atoms. The second kappa shape index (κ2) is 4.90. The normalized spacial score (nSPS) is 22.8. The summed E-state index contributed by atoms with van der Waals surface area (Å²) in [5.74, 6) is 0. The van der Waals surface area contributed by atoms with E-state index < -0.39 is 6.29 Å². The molecule has 6 heteroatoms. The van der Waals surface area contributed by atoms with Crippen molar-refractivity contribution in [3.63, 3.8) is 0 Å². The minimum absolute atomic E-state index is 0.179. The maximum absolute atomic E-state index is 6.48. The lowest BCUT2D eigenvalue weighted by molar-refractivity contribution is -0.384. The zero-order valence-electron chi connectivity index (χ0n) is 11.0. The standard InChI is InChI=1S/C13H15ClN2O2S/c1-7(2)16-12(13-17-8(3)18-13)10(14)11(15-16)9-5-4-6-19-9/h4-8,13H,1-3H3. The van der Waals surface area contributed by atoms with Crippen LogP contribution in [0.25, 0.3) is 10.6 Å². The summed E-state index contributed by atoms with van der Waals surface area (Å²) >= 11 is 8.10. The van der Waals surface area contributed by atoms with Gasteiger partial charge in [-0.3, -0.25) is 4.68 Å². The largest absolute Gasteiger partial charge is 0.318 e. The van der Waals surface area contributed by atoms with Crippen molar-refractivity contribution < 1.29 is 9.47 Å². The number of rotatable bonds is 3. The molecule has 1 saturated heterocycles. The average Bonchev–Trinajstić information content (AvgIpc) is 2.92. The second-order valence-corrected chi connectivity index (χ2v) is 6.06. The smallest absolute Gasteiger partial charge is 0.207 e. The van der Waals surface area contributed by atoms with E-state index in [0.717, 1.165) is 16.3 Å². The monoisotopic (exact) mass is 298 g/mol. The summed E-state index contributed by atoms with van der Waals surface area (Å²) in [6, 6.07) is 4.20. The zero-order valence-corrected chi connectivity index (χ0v) is 12.5. The highest BCUT2D eigenvalue weighted by molar-refractivity contribution is 7.13. The van der Waals surface area contributed by atoms with E-state index in [-0.39, 0.29) is 12.3 Å².